The van der Waals surface area contributed by atoms with E-state index in [1.54, 1.807) is 0 Å². The van der Waals surface area contributed by atoms with Gasteiger partial charge in [0, 0.05) is 18.6 Å². The summed E-state index contributed by atoms with van der Waals surface area (Å²) in [6.07, 6.45) is 4.84. The summed E-state index contributed by atoms with van der Waals surface area (Å²) in [5, 5.41) is 3.33. The van der Waals surface area contributed by atoms with Gasteiger partial charge in [0.2, 0.25) is 10.0 Å². The zero-order valence-corrected chi connectivity index (χ0v) is 13.3. The minimum absolute atomic E-state index is 0.482. The molecule has 1 aromatic rings. The maximum Gasteiger partial charge on any atom is 0.209 e. The molecule has 1 aliphatic rings. The van der Waals surface area contributed by atoms with Gasteiger partial charge in [-0.2, -0.15) is 0 Å². The van der Waals surface area contributed by atoms with E-state index in [4.69, 9.17) is 0 Å². The molecular formula is C15H24N2O2S. The van der Waals surface area contributed by atoms with Gasteiger partial charge in [0.25, 0.3) is 0 Å². The highest BCUT2D eigenvalue weighted by Gasteiger charge is 2.21. The maximum absolute atomic E-state index is 11.3. The number of rotatable bonds is 6. The number of sulfonamides is 1. The molecule has 0 bridgehead atoms. The normalized spacial score (nSPS) is 15.3. The number of aryl methyl sites for hydroxylation is 2. The smallest absolute Gasteiger partial charge is 0.209 e. The van der Waals surface area contributed by atoms with Crippen LogP contribution >= 0.6 is 0 Å². The van der Waals surface area contributed by atoms with Crippen molar-refractivity contribution in [2.24, 2.45) is 0 Å². The van der Waals surface area contributed by atoms with E-state index in [1.807, 2.05) is 13.8 Å². The lowest BCUT2D eigenvalue weighted by atomic mass is 10.1. The van der Waals surface area contributed by atoms with Gasteiger partial charge in [0.05, 0.1) is 6.26 Å². The van der Waals surface area contributed by atoms with E-state index < -0.39 is 15.6 Å². The third kappa shape index (κ3) is 4.58. The number of nitrogens with one attached hydrogen (secondary N) is 2. The monoisotopic (exact) mass is 296 g/mol. The quantitative estimate of drug-likeness (QED) is 0.838. The first kappa shape index (κ1) is 15.5. The van der Waals surface area contributed by atoms with E-state index in [-0.39, 0.29) is 0 Å². The summed E-state index contributed by atoms with van der Waals surface area (Å²) in [4.78, 5) is 0. The molecule has 5 heteroatoms. The summed E-state index contributed by atoms with van der Waals surface area (Å²) in [5.41, 5.74) is 3.73. The Morgan fingerprint density at radius 2 is 1.90 bits per heavy atom. The Kier molecular flexibility index (Phi) is 4.52. The van der Waals surface area contributed by atoms with Crippen molar-refractivity contribution in [1.82, 2.24) is 10.0 Å². The Morgan fingerprint density at radius 3 is 2.60 bits per heavy atom. The van der Waals surface area contributed by atoms with Gasteiger partial charge in [0.1, 0.15) is 0 Å². The van der Waals surface area contributed by atoms with E-state index in [0.717, 1.165) is 6.54 Å². The molecule has 0 aromatic heterocycles. The fourth-order valence-electron chi connectivity index (χ4n) is 2.79. The van der Waals surface area contributed by atoms with Gasteiger partial charge < -0.3 is 5.32 Å². The summed E-state index contributed by atoms with van der Waals surface area (Å²) in [5.74, 6) is 0. The number of hydrogen-bond donors (Lipinski definition) is 2. The molecule has 0 atom stereocenters. The van der Waals surface area contributed by atoms with Crippen molar-refractivity contribution >= 4 is 10.0 Å². The average molecular weight is 296 g/mol. The van der Waals surface area contributed by atoms with Gasteiger partial charge >= 0.3 is 0 Å². The third-order valence-corrected chi connectivity index (χ3v) is 4.44. The summed E-state index contributed by atoms with van der Waals surface area (Å²) in [6.45, 7) is 5.12. The molecule has 1 aromatic carbocycles. The maximum atomic E-state index is 11.3. The summed E-state index contributed by atoms with van der Waals surface area (Å²) in [6, 6.07) is 6.65. The van der Waals surface area contributed by atoms with Gasteiger partial charge in [-0.25, -0.2) is 13.1 Å². The molecule has 2 N–H and O–H groups in total. The molecule has 0 heterocycles. The predicted octanol–water partition coefficient (Wildman–Crippen LogP) is 1.59. The van der Waals surface area contributed by atoms with Crippen LogP contribution in [-0.2, 0) is 29.4 Å². The number of fused-ring (bicyclic) bond motifs is 1. The van der Waals surface area contributed by atoms with Crippen molar-refractivity contribution in [3.05, 3.63) is 34.9 Å². The van der Waals surface area contributed by atoms with Crippen molar-refractivity contribution in [2.75, 3.05) is 12.8 Å². The highest BCUT2D eigenvalue weighted by Crippen LogP contribution is 2.22. The van der Waals surface area contributed by atoms with Gasteiger partial charge in [-0.1, -0.05) is 18.2 Å². The lowest BCUT2D eigenvalue weighted by Crippen LogP contribution is -2.49. The van der Waals surface area contributed by atoms with E-state index >= 15 is 0 Å². The van der Waals surface area contributed by atoms with Gasteiger partial charge in [-0.15, -0.1) is 0 Å². The zero-order chi connectivity index (χ0) is 14.8. The fraction of sp³-hybridized carbons (Fsp3) is 0.600. The van der Waals surface area contributed by atoms with Crippen LogP contribution in [0.4, 0.5) is 0 Å². The Hall–Kier alpha value is -0.910. The highest BCUT2D eigenvalue weighted by atomic mass is 32.2. The molecule has 0 spiro atoms. The van der Waals surface area contributed by atoms with Crippen LogP contribution in [0.25, 0.3) is 0 Å². The lowest BCUT2D eigenvalue weighted by Gasteiger charge is -2.25. The zero-order valence-electron chi connectivity index (χ0n) is 12.5. The Labute approximate surface area is 122 Å². The summed E-state index contributed by atoms with van der Waals surface area (Å²) < 4.78 is 25.2. The van der Waals surface area contributed by atoms with E-state index in [9.17, 15) is 8.42 Å². The summed E-state index contributed by atoms with van der Waals surface area (Å²) >= 11 is 0. The largest absolute Gasteiger partial charge is 0.311 e. The number of benzene rings is 1. The standard InChI is InChI=1S/C15H24N2O2S/c1-15(2,17-20(3,18)19)11-16-10-12-7-8-13-5-4-6-14(13)9-12/h7-9,16-17H,4-6,10-11H2,1-3H3. The van der Waals surface area contributed by atoms with Crippen LogP contribution in [0.5, 0.6) is 0 Å². The average Bonchev–Trinajstić information content (AvgIpc) is 2.72. The molecular weight excluding hydrogens is 272 g/mol. The molecule has 20 heavy (non-hydrogen) atoms. The second-order valence-electron chi connectivity index (χ2n) is 6.32. The molecule has 0 saturated carbocycles. The minimum atomic E-state index is -3.17. The Bertz CT molecular complexity index is 580. The first-order chi connectivity index (χ1) is 9.25. The SMILES string of the molecule is CC(C)(CNCc1ccc2c(c1)CCC2)NS(C)(=O)=O. The van der Waals surface area contributed by atoms with Gasteiger partial charge in [-0.3, -0.25) is 0 Å². The van der Waals surface area contributed by atoms with Crippen molar-refractivity contribution in [3.8, 4) is 0 Å². The second kappa shape index (κ2) is 5.84. The van der Waals surface area contributed by atoms with Crippen LogP contribution in [0.1, 0.15) is 37.0 Å². The van der Waals surface area contributed by atoms with Gasteiger partial charge in [0.15, 0.2) is 0 Å². The van der Waals surface area contributed by atoms with Crippen molar-refractivity contribution in [2.45, 2.75) is 45.2 Å². The van der Waals surface area contributed by atoms with Crippen LogP contribution < -0.4 is 10.0 Å². The van der Waals surface area contributed by atoms with Gasteiger partial charge in [-0.05, 0) is 49.8 Å². The fourth-order valence-corrected chi connectivity index (χ4v) is 3.87. The first-order valence-corrected chi connectivity index (χ1v) is 8.95. The van der Waals surface area contributed by atoms with Crippen molar-refractivity contribution in [3.63, 3.8) is 0 Å². The predicted molar refractivity (Wildman–Crippen MR) is 82.2 cm³/mol. The molecule has 0 unspecified atom stereocenters. The lowest BCUT2D eigenvalue weighted by molar-refractivity contribution is 0.421. The molecule has 112 valence electrons. The second-order valence-corrected chi connectivity index (χ2v) is 8.07. The molecule has 0 fully saturated rings. The Balaban J connectivity index is 1.87. The Morgan fingerprint density at radius 1 is 1.20 bits per heavy atom. The summed E-state index contributed by atoms with van der Waals surface area (Å²) in [7, 11) is -3.17. The molecule has 2 rings (SSSR count). The van der Waals surface area contributed by atoms with E-state index in [0.29, 0.717) is 6.54 Å². The van der Waals surface area contributed by atoms with Crippen LogP contribution in [0.2, 0.25) is 0 Å². The molecule has 0 aliphatic heterocycles. The van der Waals surface area contributed by atoms with E-state index in [2.05, 4.69) is 28.2 Å². The number of hydrogen-bond acceptors (Lipinski definition) is 3. The highest BCUT2D eigenvalue weighted by molar-refractivity contribution is 7.88. The first-order valence-electron chi connectivity index (χ1n) is 7.06. The molecule has 0 radical (unpaired) electrons. The molecule has 1 aliphatic carbocycles. The molecule has 0 amide bonds. The van der Waals surface area contributed by atoms with Crippen LogP contribution in [0, 0.1) is 0 Å². The topological polar surface area (TPSA) is 58.2 Å². The minimum Gasteiger partial charge on any atom is -0.311 e. The van der Waals surface area contributed by atoms with Crippen LogP contribution in [-0.4, -0.2) is 26.8 Å². The van der Waals surface area contributed by atoms with Crippen LogP contribution in [0.3, 0.4) is 0 Å². The van der Waals surface area contributed by atoms with Crippen molar-refractivity contribution < 1.29 is 8.42 Å². The van der Waals surface area contributed by atoms with Crippen molar-refractivity contribution in [1.29, 1.82) is 0 Å². The third-order valence-electron chi connectivity index (χ3n) is 3.52. The van der Waals surface area contributed by atoms with Crippen LogP contribution in [0.15, 0.2) is 18.2 Å². The van der Waals surface area contributed by atoms with E-state index in [1.165, 1.54) is 42.2 Å². The molecule has 4 nitrogen and oxygen atoms in total. The molecule has 0 saturated heterocycles.